The molecule has 8 nitrogen and oxygen atoms in total. The molecule has 0 fully saturated rings. The molecule has 3 rings (SSSR count). The number of rotatable bonds is 6. The molecule has 2 aromatic rings. The molecule has 3 N–H and O–H groups in total. The van der Waals surface area contributed by atoms with Crippen molar-refractivity contribution >= 4 is 23.2 Å². The van der Waals surface area contributed by atoms with Gasteiger partial charge >= 0.3 is 0 Å². The van der Waals surface area contributed by atoms with Crippen molar-refractivity contribution in [3.05, 3.63) is 69.8 Å². The van der Waals surface area contributed by atoms with Crippen molar-refractivity contribution in [2.45, 2.75) is 25.8 Å². The van der Waals surface area contributed by atoms with Crippen LogP contribution >= 0.6 is 0 Å². The van der Waals surface area contributed by atoms with Crippen LogP contribution in [0.3, 0.4) is 0 Å². The number of nitro groups is 1. The molecule has 1 aliphatic heterocycles. The first-order chi connectivity index (χ1) is 13.6. The van der Waals surface area contributed by atoms with E-state index in [4.69, 9.17) is 0 Å². The Bertz CT molecular complexity index is 880. The van der Waals surface area contributed by atoms with Crippen LogP contribution in [0.15, 0.2) is 53.5 Å². The Morgan fingerprint density at radius 3 is 2.68 bits per heavy atom. The van der Waals surface area contributed by atoms with Gasteiger partial charge in [0.05, 0.1) is 11.5 Å². The Morgan fingerprint density at radius 1 is 1.21 bits per heavy atom. The number of anilines is 1. The van der Waals surface area contributed by atoms with Crippen LogP contribution in [0.25, 0.3) is 0 Å². The predicted molar refractivity (Wildman–Crippen MR) is 108 cm³/mol. The van der Waals surface area contributed by atoms with Gasteiger partial charge in [-0.2, -0.15) is 0 Å². The maximum absolute atomic E-state index is 12.0. The van der Waals surface area contributed by atoms with E-state index in [-0.39, 0.29) is 17.5 Å². The van der Waals surface area contributed by atoms with Gasteiger partial charge in [0.25, 0.3) is 5.69 Å². The fourth-order valence-electron chi connectivity index (χ4n) is 3.14. The number of benzene rings is 2. The van der Waals surface area contributed by atoms with Gasteiger partial charge in [-0.15, -0.1) is 0 Å². The van der Waals surface area contributed by atoms with Crippen LogP contribution in [-0.4, -0.2) is 29.9 Å². The molecule has 1 aliphatic rings. The molecule has 0 aliphatic carbocycles. The van der Waals surface area contributed by atoms with Crippen LogP contribution < -0.4 is 16.0 Å². The van der Waals surface area contributed by atoms with E-state index in [0.717, 1.165) is 16.8 Å². The summed E-state index contributed by atoms with van der Waals surface area (Å²) in [4.78, 5) is 26.8. The molecule has 1 amide bonds. The van der Waals surface area contributed by atoms with E-state index >= 15 is 0 Å². The molecular weight excluding hydrogens is 358 g/mol. The average molecular weight is 381 g/mol. The van der Waals surface area contributed by atoms with E-state index < -0.39 is 4.92 Å². The zero-order valence-electron chi connectivity index (χ0n) is 15.6. The van der Waals surface area contributed by atoms with Crippen LogP contribution in [0.5, 0.6) is 0 Å². The van der Waals surface area contributed by atoms with Crippen molar-refractivity contribution in [2.24, 2.45) is 4.99 Å². The van der Waals surface area contributed by atoms with Crippen LogP contribution in [0.4, 0.5) is 11.4 Å². The SMILES string of the molecule is CCNC(=NCc1ccc([N+](=O)[O-])cc1)NCC1CC(=O)Nc2ccccc21. The summed E-state index contributed by atoms with van der Waals surface area (Å²) in [5, 5.41) is 20.1. The maximum atomic E-state index is 12.0. The summed E-state index contributed by atoms with van der Waals surface area (Å²) in [6, 6.07) is 14.2. The zero-order valence-corrected chi connectivity index (χ0v) is 15.6. The lowest BCUT2D eigenvalue weighted by Gasteiger charge is -2.26. The predicted octanol–water partition coefficient (Wildman–Crippen LogP) is 2.78. The summed E-state index contributed by atoms with van der Waals surface area (Å²) in [6.07, 6.45) is 0.422. The third-order valence-electron chi connectivity index (χ3n) is 4.53. The molecule has 2 aromatic carbocycles. The monoisotopic (exact) mass is 381 g/mol. The highest BCUT2D eigenvalue weighted by molar-refractivity contribution is 5.94. The topological polar surface area (TPSA) is 109 Å². The van der Waals surface area contributed by atoms with Crippen LogP contribution in [0.2, 0.25) is 0 Å². The van der Waals surface area contributed by atoms with Crippen molar-refractivity contribution in [2.75, 3.05) is 18.4 Å². The van der Waals surface area contributed by atoms with Gasteiger partial charge < -0.3 is 16.0 Å². The Labute approximate surface area is 163 Å². The average Bonchev–Trinajstić information content (AvgIpc) is 2.70. The molecule has 0 bridgehead atoms. The summed E-state index contributed by atoms with van der Waals surface area (Å²) < 4.78 is 0. The summed E-state index contributed by atoms with van der Waals surface area (Å²) in [7, 11) is 0. The second-order valence-electron chi connectivity index (χ2n) is 6.54. The second-order valence-corrected chi connectivity index (χ2v) is 6.54. The van der Waals surface area contributed by atoms with Crippen molar-refractivity contribution in [3.63, 3.8) is 0 Å². The van der Waals surface area contributed by atoms with Crippen molar-refractivity contribution in [3.8, 4) is 0 Å². The van der Waals surface area contributed by atoms with E-state index in [1.165, 1.54) is 12.1 Å². The number of fused-ring (bicyclic) bond motifs is 1. The number of non-ortho nitro benzene ring substituents is 1. The van der Waals surface area contributed by atoms with Crippen molar-refractivity contribution in [1.82, 2.24) is 10.6 Å². The van der Waals surface area contributed by atoms with Crippen LogP contribution in [-0.2, 0) is 11.3 Å². The summed E-state index contributed by atoms with van der Waals surface area (Å²) >= 11 is 0. The third-order valence-corrected chi connectivity index (χ3v) is 4.53. The molecule has 1 unspecified atom stereocenters. The molecule has 0 aromatic heterocycles. The first-order valence-corrected chi connectivity index (χ1v) is 9.21. The highest BCUT2D eigenvalue weighted by Crippen LogP contribution is 2.31. The van der Waals surface area contributed by atoms with Gasteiger partial charge in [-0.1, -0.05) is 30.3 Å². The highest BCUT2D eigenvalue weighted by Gasteiger charge is 2.24. The molecule has 28 heavy (non-hydrogen) atoms. The highest BCUT2D eigenvalue weighted by atomic mass is 16.6. The van der Waals surface area contributed by atoms with Gasteiger partial charge in [0.1, 0.15) is 0 Å². The maximum Gasteiger partial charge on any atom is 0.269 e. The number of hydrogen-bond acceptors (Lipinski definition) is 4. The zero-order chi connectivity index (χ0) is 19.9. The number of guanidine groups is 1. The van der Waals surface area contributed by atoms with E-state index in [9.17, 15) is 14.9 Å². The normalized spacial score (nSPS) is 16.1. The molecule has 0 saturated carbocycles. The Balaban J connectivity index is 1.65. The fraction of sp³-hybridized carbons (Fsp3) is 0.300. The number of carbonyl (C=O) groups is 1. The second kappa shape index (κ2) is 8.98. The number of nitrogens with zero attached hydrogens (tertiary/aromatic N) is 2. The van der Waals surface area contributed by atoms with E-state index in [1.807, 2.05) is 31.2 Å². The quantitative estimate of drug-likeness (QED) is 0.309. The lowest BCUT2D eigenvalue weighted by molar-refractivity contribution is -0.384. The number of carbonyl (C=O) groups excluding carboxylic acids is 1. The molecular formula is C20H23N5O3. The Kier molecular flexibility index (Phi) is 6.21. The number of hydrogen-bond donors (Lipinski definition) is 3. The molecule has 0 saturated heterocycles. The minimum absolute atomic E-state index is 0.0123. The number of nitrogens with one attached hydrogen (secondary N) is 3. The Morgan fingerprint density at radius 2 is 1.96 bits per heavy atom. The standard InChI is InChI=1S/C20H23N5O3/c1-2-21-20(22-12-14-7-9-16(10-8-14)25(27)28)23-13-15-11-19(26)24-18-6-4-3-5-17(15)18/h3-10,15H,2,11-13H2,1H3,(H,24,26)(H2,21,22,23). The largest absolute Gasteiger partial charge is 0.357 e. The van der Waals surface area contributed by atoms with Gasteiger partial charge in [-0.05, 0) is 24.1 Å². The van der Waals surface area contributed by atoms with Gasteiger partial charge in [-0.3, -0.25) is 14.9 Å². The lowest BCUT2D eigenvalue weighted by Crippen LogP contribution is -2.40. The van der Waals surface area contributed by atoms with Crippen molar-refractivity contribution in [1.29, 1.82) is 0 Å². The summed E-state index contributed by atoms with van der Waals surface area (Å²) in [5.74, 6) is 0.718. The first-order valence-electron chi connectivity index (χ1n) is 9.21. The third kappa shape index (κ3) is 4.85. The molecule has 0 radical (unpaired) electrons. The Hall–Kier alpha value is -3.42. The summed E-state index contributed by atoms with van der Waals surface area (Å²) in [6.45, 7) is 3.66. The number of nitro benzene ring substituents is 1. The van der Waals surface area contributed by atoms with E-state index in [2.05, 4.69) is 20.9 Å². The lowest BCUT2D eigenvalue weighted by atomic mass is 9.90. The van der Waals surface area contributed by atoms with Gasteiger partial charge in [-0.25, -0.2) is 4.99 Å². The van der Waals surface area contributed by atoms with Gasteiger partial charge in [0.15, 0.2) is 5.96 Å². The molecule has 146 valence electrons. The van der Waals surface area contributed by atoms with Crippen LogP contribution in [0.1, 0.15) is 30.4 Å². The molecule has 0 spiro atoms. The van der Waals surface area contributed by atoms with Crippen molar-refractivity contribution < 1.29 is 9.72 Å². The summed E-state index contributed by atoms with van der Waals surface area (Å²) in [5.41, 5.74) is 2.91. The number of amides is 1. The number of aliphatic imine (C=N–C) groups is 1. The van der Waals surface area contributed by atoms with E-state index in [0.29, 0.717) is 32.0 Å². The molecule has 1 atom stereocenters. The van der Waals surface area contributed by atoms with E-state index in [1.54, 1.807) is 12.1 Å². The molecule has 8 heteroatoms. The molecule has 1 heterocycles. The van der Waals surface area contributed by atoms with Gasteiger partial charge in [0.2, 0.25) is 5.91 Å². The smallest absolute Gasteiger partial charge is 0.269 e. The fourth-order valence-corrected chi connectivity index (χ4v) is 3.14. The van der Waals surface area contributed by atoms with Gasteiger partial charge in [0, 0.05) is 43.2 Å². The first kappa shape index (κ1) is 19.3. The number of para-hydroxylation sites is 1. The minimum atomic E-state index is -0.420. The van der Waals surface area contributed by atoms with Crippen LogP contribution in [0, 0.1) is 10.1 Å². The minimum Gasteiger partial charge on any atom is -0.357 e.